The van der Waals surface area contributed by atoms with Crippen LogP contribution in [-0.2, 0) is 0 Å². The lowest BCUT2D eigenvalue weighted by Crippen LogP contribution is -2.64. The van der Waals surface area contributed by atoms with Gasteiger partial charge in [0.25, 0.3) is 0 Å². The maximum absolute atomic E-state index is 3.73. The molecule has 2 nitrogen and oxygen atoms in total. The Balaban J connectivity index is 2.75. The van der Waals surface area contributed by atoms with Crippen molar-refractivity contribution >= 4 is 0 Å². The Labute approximate surface area is 102 Å². The molecule has 3 unspecified atom stereocenters. The molecule has 0 saturated carbocycles. The van der Waals surface area contributed by atoms with Crippen LogP contribution in [0.2, 0.25) is 0 Å². The van der Waals surface area contributed by atoms with Crippen molar-refractivity contribution in [3.05, 3.63) is 0 Å². The summed E-state index contributed by atoms with van der Waals surface area (Å²) in [5, 5.41) is 3.73. The molecule has 1 heterocycles. The van der Waals surface area contributed by atoms with Gasteiger partial charge >= 0.3 is 0 Å². The first-order chi connectivity index (χ1) is 7.43. The van der Waals surface area contributed by atoms with E-state index in [2.05, 4.69) is 51.8 Å². The van der Waals surface area contributed by atoms with Crippen LogP contribution in [0.5, 0.6) is 0 Å². The average Bonchev–Trinajstić information content (AvgIpc) is 2.28. The van der Waals surface area contributed by atoms with Gasteiger partial charge in [-0.05, 0) is 32.6 Å². The first-order valence-corrected chi connectivity index (χ1v) is 6.94. The van der Waals surface area contributed by atoms with E-state index in [0.717, 1.165) is 18.5 Å². The van der Waals surface area contributed by atoms with Gasteiger partial charge in [0, 0.05) is 30.7 Å². The molecule has 0 radical (unpaired) electrons. The molecule has 0 bridgehead atoms. The smallest absolute Gasteiger partial charge is 0.0278 e. The predicted octanol–water partition coefficient (Wildman–Crippen LogP) is 2.88. The summed E-state index contributed by atoms with van der Waals surface area (Å²) in [5.41, 5.74) is 0.314. The summed E-state index contributed by atoms with van der Waals surface area (Å²) in [5.74, 6) is 0.744. The van der Waals surface area contributed by atoms with Gasteiger partial charge in [-0.25, -0.2) is 0 Å². The highest BCUT2D eigenvalue weighted by Gasteiger charge is 2.36. The zero-order valence-electron chi connectivity index (χ0n) is 12.0. The molecule has 0 aromatic heterocycles. The quantitative estimate of drug-likeness (QED) is 0.793. The minimum Gasteiger partial charge on any atom is -0.309 e. The van der Waals surface area contributed by atoms with Gasteiger partial charge in [-0.15, -0.1) is 0 Å². The summed E-state index contributed by atoms with van der Waals surface area (Å²) in [7, 11) is 0. The van der Waals surface area contributed by atoms with E-state index >= 15 is 0 Å². The van der Waals surface area contributed by atoms with E-state index in [1.54, 1.807) is 0 Å². The molecule has 1 fully saturated rings. The third-order valence-corrected chi connectivity index (χ3v) is 4.50. The standard InChI is InChI=1S/C14H30N2/c1-7-13-9-15-14(6,8-2)10-16(13)12(5)11(3)4/h11-13,15H,7-10H2,1-6H3. The van der Waals surface area contributed by atoms with E-state index in [1.165, 1.54) is 19.4 Å². The Morgan fingerprint density at radius 2 is 1.94 bits per heavy atom. The lowest BCUT2D eigenvalue weighted by Gasteiger charge is -2.49. The van der Waals surface area contributed by atoms with Crippen LogP contribution >= 0.6 is 0 Å². The van der Waals surface area contributed by atoms with Crippen molar-refractivity contribution in [2.75, 3.05) is 13.1 Å². The molecule has 3 atom stereocenters. The van der Waals surface area contributed by atoms with Crippen LogP contribution in [0.3, 0.4) is 0 Å². The highest BCUT2D eigenvalue weighted by atomic mass is 15.3. The summed E-state index contributed by atoms with van der Waals surface area (Å²) in [4.78, 5) is 2.73. The van der Waals surface area contributed by atoms with Crippen LogP contribution < -0.4 is 5.32 Å². The summed E-state index contributed by atoms with van der Waals surface area (Å²) >= 11 is 0. The largest absolute Gasteiger partial charge is 0.309 e. The molecule has 2 heteroatoms. The van der Waals surface area contributed by atoms with Gasteiger partial charge in [0.05, 0.1) is 0 Å². The van der Waals surface area contributed by atoms with Crippen LogP contribution in [0.15, 0.2) is 0 Å². The van der Waals surface area contributed by atoms with E-state index in [-0.39, 0.29) is 0 Å². The fraction of sp³-hybridized carbons (Fsp3) is 1.00. The van der Waals surface area contributed by atoms with E-state index in [4.69, 9.17) is 0 Å². The van der Waals surface area contributed by atoms with Crippen molar-refractivity contribution < 1.29 is 0 Å². The Bertz CT molecular complexity index is 213. The van der Waals surface area contributed by atoms with Gasteiger partial charge in [0.15, 0.2) is 0 Å². The molecule has 96 valence electrons. The number of piperazine rings is 1. The summed E-state index contributed by atoms with van der Waals surface area (Å²) < 4.78 is 0. The Hall–Kier alpha value is -0.0800. The van der Waals surface area contributed by atoms with Gasteiger partial charge in [0.2, 0.25) is 0 Å². The van der Waals surface area contributed by atoms with Crippen LogP contribution in [0.25, 0.3) is 0 Å². The van der Waals surface area contributed by atoms with Gasteiger partial charge in [-0.1, -0.05) is 27.7 Å². The first kappa shape index (κ1) is 14.0. The van der Waals surface area contributed by atoms with Crippen LogP contribution in [-0.4, -0.2) is 35.6 Å². The summed E-state index contributed by atoms with van der Waals surface area (Å²) in [6.07, 6.45) is 2.47. The highest BCUT2D eigenvalue weighted by Crippen LogP contribution is 2.24. The van der Waals surface area contributed by atoms with Crippen molar-refractivity contribution in [2.45, 2.75) is 72.0 Å². The predicted molar refractivity (Wildman–Crippen MR) is 71.8 cm³/mol. The summed E-state index contributed by atoms with van der Waals surface area (Å²) in [6, 6.07) is 1.41. The molecular weight excluding hydrogens is 196 g/mol. The van der Waals surface area contributed by atoms with Crippen LogP contribution in [0.1, 0.15) is 54.4 Å². The number of nitrogens with one attached hydrogen (secondary N) is 1. The molecule has 1 N–H and O–H groups in total. The molecule has 0 aliphatic carbocycles. The van der Waals surface area contributed by atoms with Crippen molar-refractivity contribution in [3.8, 4) is 0 Å². The molecular formula is C14H30N2. The van der Waals surface area contributed by atoms with Gasteiger partial charge < -0.3 is 5.32 Å². The number of hydrogen-bond donors (Lipinski definition) is 1. The molecule has 1 aliphatic rings. The minimum absolute atomic E-state index is 0.314. The SMILES string of the molecule is CCC1CNC(C)(CC)CN1C(C)C(C)C. The second kappa shape index (κ2) is 5.50. The van der Waals surface area contributed by atoms with Gasteiger partial charge in [-0.2, -0.15) is 0 Å². The third kappa shape index (κ3) is 2.98. The van der Waals surface area contributed by atoms with E-state index in [9.17, 15) is 0 Å². The summed E-state index contributed by atoms with van der Waals surface area (Å²) in [6.45, 7) is 16.4. The van der Waals surface area contributed by atoms with E-state index in [0.29, 0.717) is 11.6 Å². The third-order valence-electron chi connectivity index (χ3n) is 4.50. The number of nitrogens with zero attached hydrogens (tertiary/aromatic N) is 1. The second-order valence-corrected chi connectivity index (χ2v) is 6.01. The maximum Gasteiger partial charge on any atom is 0.0278 e. The molecule has 0 aromatic carbocycles. The van der Waals surface area contributed by atoms with Gasteiger partial charge in [-0.3, -0.25) is 4.90 Å². The second-order valence-electron chi connectivity index (χ2n) is 6.01. The van der Waals surface area contributed by atoms with Gasteiger partial charge in [0.1, 0.15) is 0 Å². The van der Waals surface area contributed by atoms with Crippen LogP contribution in [0.4, 0.5) is 0 Å². The highest BCUT2D eigenvalue weighted by molar-refractivity contribution is 4.96. The van der Waals surface area contributed by atoms with Crippen LogP contribution in [0, 0.1) is 5.92 Å². The fourth-order valence-corrected chi connectivity index (χ4v) is 2.54. The van der Waals surface area contributed by atoms with Crippen molar-refractivity contribution in [1.82, 2.24) is 10.2 Å². The molecule has 1 saturated heterocycles. The van der Waals surface area contributed by atoms with Crippen molar-refractivity contribution in [3.63, 3.8) is 0 Å². The topological polar surface area (TPSA) is 15.3 Å². The first-order valence-electron chi connectivity index (χ1n) is 6.94. The average molecular weight is 226 g/mol. The molecule has 0 amide bonds. The minimum atomic E-state index is 0.314. The molecule has 1 rings (SSSR count). The maximum atomic E-state index is 3.73. The fourth-order valence-electron chi connectivity index (χ4n) is 2.54. The monoisotopic (exact) mass is 226 g/mol. The zero-order chi connectivity index (χ0) is 12.3. The Kier molecular flexibility index (Phi) is 4.81. The zero-order valence-corrected chi connectivity index (χ0v) is 12.0. The van der Waals surface area contributed by atoms with E-state index in [1.807, 2.05) is 0 Å². The number of hydrogen-bond acceptors (Lipinski definition) is 2. The lowest BCUT2D eigenvalue weighted by atomic mass is 9.90. The molecule has 0 spiro atoms. The molecule has 16 heavy (non-hydrogen) atoms. The van der Waals surface area contributed by atoms with Crippen molar-refractivity contribution in [2.24, 2.45) is 5.92 Å². The van der Waals surface area contributed by atoms with Crippen molar-refractivity contribution in [1.29, 1.82) is 0 Å². The molecule has 1 aliphatic heterocycles. The Morgan fingerprint density at radius 1 is 1.31 bits per heavy atom. The van der Waals surface area contributed by atoms with E-state index < -0.39 is 0 Å². The lowest BCUT2D eigenvalue weighted by molar-refractivity contribution is 0.0334. The number of rotatable bonds is 4. The Morgan fingerprint density at radius 3 is 2.38 bits per heavy atom. The molecule has 0 aromatic rings. The normalized spacial score (nSPS) is 34.3.